The van der Waals surface area contributed by atoms with Gasteiger partial charge in [-0.2, -0.15) is 9.97 Å². The number of aliphatic hydroxyl groups is 1. The van der Waals surface area contributed by atoms with Gasteiger partial charge in [0.2, 0.25) is 5.95 Å². The molecule has 10 heteroatoms. The van der Waals surface area contributed by atoms with Crippen molar-refractivity contribution in [2.75, 3.05) is 28.6 Å². The lowest BCUT2D eigenvalue weighted by atomic mass is 10.1. The highest BCUT2D eigenvalue weighted by Crippen LogP contribution is 2.26. The number of hydrogen-bond acceptors (Lipinski definition) is 8. The second kappa shape index (κ2) is 8.97. The summed E-state index contributed by atoms with van der Waals surface area (Å²) in [6, 6.07) is 7.97. The van der Waals surface area contributed by atoms with Gasteiger partial charge in [-0.15, -0.1) is 12.4 Å². The Morgan fingerprint density at radius 2 is 1.90 bits per heavy atom. The Balaban J connectivity index is 0.00000240. The molecule has 3 heterocycles. The first kappa shape index (κ1) is 20.7. The van der Waals surface area contributed by atoms with Gasteiger partial charge in [0.05, 0.1) is 18.3 Å². The highest BCUT2D eigenvalue weighted by molar-refractivity contribution is 5.85. The van der Waals surface area contributed by atoms with Crippen molar-refractivity contribution >= 4 is 35.8 Å². The highest BCUT2D eigenvalue weighted by atomic mass is 35.5. The molecule has 0 saturated carbocycles. The van der Waals surface area contributed by atoms with Crippen LogP contribution in [0, 0.1) is 5.82 Å². The summed E-state index contributed by atoms with van der Waals surface area (Å²) in [5.41, 5.74) is 0.915. The van der Waals surface area contributed by atoms with Crippen LogP contribution in [0.25, 0.3) is 0 Å². The van der Waals surface area contributed by atoms with Crippen molar-refractivity contribution in [3.63, 3.8) is 0 Å². The van der Waals surface area contributed by atoms with E-state index in [-0.39, 0.29) is 30.4 Å². The quantitative estimate of drug-likeness (QED) is 0.563. The Labute approximate surface area is 173 Å². The molecule has 1 fully saturated rings. The molecule has 1 saturated heterocycles. The molecule has 29 heavy (non-hydrogen) atoms. The molecular formula is C19H21ClFN7O. The fourth-order valence-electron chi connectivity index (χ4n) is 2.89. The van der Waals surface area contributed by atoms with Crippen molar-refractivity contribution in [2.45, 2.75) is 19.1 Å². The summed E-state index contributed by atoms with van der Waals surface area (Å²) in [7, 11) is 0. The second-order valence-electron chi connectivity index (χ2n) is 6.63. The van der Waals surface area contributed by atoms with Crippen LogP contribution in [0.3, 0.4) is 0 Å². The average molecular weight is 418 g/mol. The fourth-order valence-corrected chi connectivity index (χ4v) is 2.89. The maximum Gasteiger partial charge on any atom is 0.227 e. The van der Waals surface area contributed by atoms with Crippen LogP contribution in [0.5, 0.6) is 0 Å². The molecule has 1 aromatic carbocycles. The van der Waals surface area contributed by atoms with Gasteiger partial charge in [-0.1, -0.05) is 12.1 Å². The smallest absolute Gasteiger partial charge is 0.227 e. The van der Waals surface area contributed by atoms with Crippen molar-refractivity contribution in [1.82, 2.24) is 19.9 Å². The lowest BCUT2D eigenvalue weighted by molar-refractivity contribution is 0.141. The molecule has 1 atom stereocenters. The number of anilines is 4. The van der Waals surface area contributed by atoms with Crippen molar-refractivity contribution in [3.05, 3.63) is 60.3 Å². The van der Waals surface area contributed by atoms with Crippen LogP contribution in [0.1, 0.15) is 18.5 Å². The zero-order valence-electron chi connectivity index (χ0n) is 15.7. The topological polar surface area (TPSA) is 99.1 Å². The Hall–Kier alpha value is -3.04. The number of aliphatic hydroxyl groups excluding tert-OH is 1. The van der Waals surface area contributed by atoms with Crippen LogP contribution in [0.15, 0.2) is 48.9 Å². The molecule has 0 amide bonds. The van der Waals surface area contributed by atoms with Crippen LogP contribution in [0.4, 0.5) is 27.8 Å². The molecule has 1 aliphatic heterocycles. The van der Waals surface area contributed by atoms with Gasteiger partial charge in [-0.05, 0) is 24.6 Å². The number of rotatable bonds is 6. The Morgan fingerprint density at radius 3 is 2.55 bits per heavy atom. The Morgan fingerprint density at radius 1 is 1.14 bits per heavy atom. The largest absolute Gasteiger partial charge is 0.389 e. The van der Waals surface area contributed by atoms with E-state index in [0.29, 0.717) is 36.5 Å². The minimum absolute atomic E-state index is 0. The van der Waals surface area contributed by atoms with E-state index in [4.69, 9.17) is 0 Å². The lowest BCUT2D eigenvalue weighted by Gasteiger charge is -2.37. The molecule has 0 radical (unpaired) electrons. The third-order valence-corrected chi connectivity index (χ3v) is 4.43. The van der Waals surface area contributed by atoms with E-state index in [1.165, 1.54) is 12.1 Å². The van der Waals surface area contributed by atoms with E-state index in [1.807, 2.05) is 11.8 Å². The number of nitrogens with zero attached hydrogens (tertiary/aromatic N) is 5. The summed E-state index contributed by atoms with van der Waals surface area (Å²) < 4.78 is 13.2. The van der Waals surface area contributed by atoms with Crippen LogP contribution >= 0.6 is 12.4 Å². The van der Waals surface area contributed by atoms with Gasteiger partial charge in [0.25, 0.3) is 0 Å². The predicted octanol–water partition coefficient (Wildman–Crippen LogP) is 2.93. The molecule has 1 aliphatic rings. The van der Waals surface area contributed by atoms with Gasteiger partial charge >= 0.3 is 0 Å². The van der Waals surface area contributed by atoms with Gasteiger partial charge in [0.15, 0.2) is 0 Å². The number of β-amino-alcohol motifs (C(OH)–C–C–N with tert-alkyl or cyclic N) is 1. The molecule has 0 bridgehead atoms. The molecule has 0 spiro atoms. The lowest BCUT2D eigenvalue weighted by Crippen LogP contribution is -2.51. The summed E-state index contributed by atoms with van der Waals surface area (Å²) >= 11 is 0. The van der Waals surface area contributed by atoms with Crippen molar-refractivity contribution in [3.8, 4) is 0 Å². The van der Waals surface area contributed by atoms with Crippen molar-refractivity contribution in [2.24, 2.45) is 0 Å². The third kappa shape index (κ3) is 5.07. The Bertz CT molecular complexity index is 939. The summed E-state index contributed by atoms with van der Waals surface area (Å²) in [4.78, 5) is 19.3. The van der Waals surface area contributed by atoms with Gasteiger partial charge in [-0.3, -0.25) is 4.98 Å². The van der Waals surface area contributed by atoms with E-state index < -0.39 is 0 Å². The molecule has 0 unspecified atom stereocenters. The summed E-state index contributed by atoms with van der Waals surface area (Å²) in [5, 5.41) is 16.0. The summed E-state index contributed by atoms with van der Waals surface area (Å²) in [5.74, 6) is 1.96. The van der Waals surface area contributed by atoms with Crippen molar-refractivity contribution < 1.29 is 9.50 Å². The molecular weight excluding hydrogens is 397 g/mol. The van der Waals surface area contributed by atoms with Crippen LogP contribution in [0.2, 0.25) is 0 Å². The molecule has 4 rings (SSSR count). The summed E-state index contributed by atoms with van der Waals surface area (Å²) in [6.45, 7) is 3.00. The monoisotopic (exact) mass is 417 g/mol. The molecule has 0 aliphatic carbocycles. The first-order valence-electron chi connectivity index (χ1n) is 8.94. The van der Waals surface area contributed by atoms with Crippen LogP contribution in [-0.4, -0.2) is 44.2 Å². The molecule has 152 valence electrons. The van der Waals surface area contributed by atoms with E-state index in [1.54, 1.807) is 36.8 Å². The zero-order chi connectivity index (χ0) is 19.5. The number of benzene rings is 1. The van der Waals surface area contributed by atoms with Crippen LogP contribution < -0.4 is 15.5 Å². The zero-order valence-corrected chi connectivity index (χ0v) is 16.5. The van der Waals surface area contributed by atoms with E-state index in [9.17, 15) is 9.50 Å². The first-order chi connectivity index (χ1) is 13.6. The molecule has 8 nitrogen and oxygen atoms in total. The van der Waals surface area contributed by atoms with Crippen molar-refractivity contribution in [1.29, 1.82) is 0 Å². The van der Waals surface area contributed by atoms with Gasteiger partial charge < -0.3 is 20.6 Å². The van der Waals surface area contributed by atoms with Crippen LogP contribution in [-0.2, 0) is 0 Å². The minimum atomic E-state index is -0.346. The van der Waals surface area contributed by atoms with Gasteiger partial charge in [0.1, 0.15) is 23.3 Å². The van der Waals surface area contributed by atoms with E-state index in [0.717, 1.165) is 5.56 Å². The van der Waals surface area contributed by atoms with E-state index in [2.05, 4.69) is 30.6 Å². The SMILES string of the molecule is C[C@H](Nc1nc(Nc2cnccn2)cc(N2CC(O)C2)n1)c1ccc(F)cc1.Cl. The first-order valence-corrected chi connectivity index (χ1v) is 8.94. The third-order valence-electron chi connectivity index (χ3n) is 4.43. The fraction of sp³-hybridized carbons (Fsp3) is 0.263. The van der Waals surface area contributed by atoms with E-state index >= 15 is 0 Å². The summed E-state index contributed by atoms with van der Waals surface area (Å²) in [6.07, 6.45) is 4.44. The van der Waals surface area contributed by atoms with Gasteiger partial charge in [0, 0.05) is 31.5 Å². The highest BCUT2D eigenvalue weighted by Gasteiger charge is 2.26. The number of hydrogen-bond donors (Lipinski definition) is 3. The normalized spacial score (nSPS) is 14.5. The average Bonchev–Trinajstić information content (AvgIpc) is 2.66. The minimum Gasteiger partial charge on any atom is -0.389 e. The number of nitrogens with one attached hydrogen (secondary N) is 2. The standard InChI is InChI=1S/C19H20FN7O.ClH/c1-12(13-2-4-14(20)5-3-13)23-19-25-16(24-17-9-21-6-7-22-17)8-18(26-19)27-10-15(28)11-27;/h2-9,12,15,28H,10-11H2,1H3,(H2,22,23,24,25,26);1H/t12-;/m0./s1. The predicted molar refractivity (Wildman–Crippen MR) is 111 cm³/mol. The molecule has 3 aromatic rings. The van der Waals surface area contributed by atoms with Gasteiger partial charge in [-0.25, -0.2) is 9.37 Å². The maximum atomic E-state index is 13.2. The number of halogens is 2. The maximum absolute atomic E-state index is 13.2. The molecule has 3 N–H and O–H groups in total. The second-order valence-corrected chi connectivity index (χ2v) is 6.63. The number of aromatic nitrogens is 4. The Kier molecular flexibility index (Phi) is 6.40. The molecule has 2 aromatic heterocycles.